The average Bonchev–Trinajstić information content (AvgIpc) is 2.00. The number of hydrogen-bond donors (Lipinski definition) is 3. The average molecular weight is 196 g/mol. The molecule has 3 aliphatic rings. The van der Waals surface area contributed by atoms with E-state index in [2.05, 4.69) is 12.2 Å². The molecule has 80 valence electrons. The highest BCUT2D eigenvalue weighted by atomic mass is 15.4. The van der Waals surface area contributed by atoms with Crippen LogP contribution in [-0.4, -0.2) is 23.1 Å². The van der Waals surface area contributed by atoms with Gasteiger partial charge in [0.25, 0.3) is 0 Å². The van der Waals surface area contributed by atoms with Gasteiger partial charge in [0.05, 0.1) is 6.54 Å². The number of hydrazine groups is 1. The van der Waals surface area contributed by atoms with Crippen LogP contribution in [0.1, 0.15) is 26.2 Å². The molecule has 4 heteroatoms. The maximum Gasteiger partial charge on any atom is 0.0519 e. The second kappa shape index (κ2) is 3.44. The molecule has 3 unspecified atom stereocenters. The summed E-state index contributed by atoms with van der Waals surface area (Å²) >= 11 is 0. The third kappa shape index (κ3) is 1.72. The summed E-state index contributed by atoms with van der Waals surface area (Å²) < 4.78 is 0. The molecule has 0 aromatic carbocycles. The Morgan fingerprint density at radius 2 is 2.29 bits per heavy atom. The van der Waals surface area contributed by atoms with Crippen molar-refractivity contribution >= 4 is 0 Å². The third-order valence-electron chi connectivity index (χ3n) is 3.34. The number of nitrogens with zero attached hydrogens (tertiary/aromatic N) is 1. The molecule has 14 heavy (non-hydrogen) atoms. The van der Waals surface area contributed by atoms with Crippen molar-refractivity contribution in [2.24, 2.45) is 17.5 Å². The topological polar surface area (TPSA) is 67.3 Å². The van der Waals surface area contributed by atoms with Crippen LogP contribution in [0.2, 0.25) is 0 Å². The second-order valence-electron chi connectivity index (χ2n) is 4.88. The van der Waals surface area contributed by atoms with Crippen LogP contribution in [0, 0.1) is 5.92 Å². The van der Waals surface area contributed by atoms with Gasteiger partial charge in [0.2, 0.25) is 0 Å². The van der Waals surface area contributed by atoms with Crippen molar-refractivity contribution in [1.82, 2.24) is 10.3 Å². The minimum atomic E-state index is 0.261. The van der Waals surface area contributed by atoms with Crippen molar-refractivity contribution in [2.45, 2.75) is 37.8 Å². The van der Waals surface area contributed by atoms with Crippen LogP contribution in [0.5, 0.6) is 0 Å². The Labute approximate surface area is 85.3 Å². The highest BCUT2D eigenvalue weighted by Crippen LogP contribution is 2.41. The van der Waals surface area contributed by atoms with Crippen LogP contribution in [0.4, 0.5) is 0 Å². The van der Waals surface area contributed by atoms with Crippen molar-refractivity contribution in [3.8, 4) is 0 Å². The Bertz CT molecular complexity index is 232. The molecule has 0 radical (unpaired) electrons. The van der Waals surface area contributed by atoms with Crippen LogP contribution < -0.4 is 16.9 Å². The highest BCUT2D eigenvalue weighted by Gasteiger charge is 2.49. The Morgan fingerprint density at radius 3 is 2.86 bits per heavy atom. The predicted octanol–water partition coefficient (Wildman–Crippen LogP) is 0.123. The maximum atomic E-state index is 5.80. The zero-order chi connectivity index (χ0) is 10.2. The van der Waals surface area contributed by atoms with Crippen molar-refractivity contribution in [3.63, 3.8) is 0 Å². The Morgan fingerprint density at radius 1 is 1.57 bits per heavy atom. The van der Waals surface area contributed by atoms with E-state index in [9.17, 15) is 0 Å². The van der Waals surface area contributed by atoms with Gasteiger partial charge >= 0.3 is 0 Å². The molecular formula is C10H20N4. The lowest BCUT2D eigenvalue weighted by atomic mass is 9.66. The van der Waals surface area contributed by atoms with Gasteiger partial charge in [-0.25, -0.2) is 5.84 Å². The summed E-state index contributed by atoms with van der Waals surface area (Å²) in [6.45, 7) is 3.18. The summed E-state index contributed by atoms with van der Waals surface area (Å²) in [5.41, 5.74) is 5.56. The molecule has 3 fully saturated rings. The first-order chi connectivity index (χ1) is 6.63. The van der Waals surface area contributed by atoms with E-state index in [1.165, 1.54) is 25.5 Å². The fraction of sp³-hybridized carbons (Fsp3) is 0.800. The number of nitrogens with one attached hydrogen (secondary N) is 1. The minimum Gasteiger partial charge on any atom is -0.403 e. The van der Waals surface area contributed by atoms with Gasteiger partial charge < -0.3 is 16.1 Å². The quantitative estimate of drug-likeness (QED) is 0.443. The molecule has 4 nitrogen and oxygen atoms in total. The fourth-order valence-corrected chi connectivity index (χ4v) is 3.09. The minimum absolute atomic E-state index is 0.261. The molecule has 5 N–H and O–H groups in total. The number of hydrogen-bond acceptors (Lipinski definition) is 4. The fourth-order valence-electron chi connectivity index (χ4n) is 3.09. The van der Waals surface area contributed by atoms with Crippen molar-refractivity contribution in [2.75, 3.05) is 6.54 Å². The Balaban J connectivity index is 1.91. The van der Waals surface area contributed by atoms with Crippen molar-refractivity contribution in [3.05, 3.63) is 12.4 Å². The van der Waals surface area contributed by atoms with Gasteiger partial charge in [0.1, 0.15) is 0 Å². The third-order valence-corrected chi connectivity index (χ3v) is 3.34. The molecule has 1 aliphatic carbocycles. The first kappa shape index (κ1) is 9.80. The largest absolute Gasteiger partial charge is 0.403 e. The lowest BCUT2D eigenvalue weighted by Gasteiger charge is -2.57. The first-order valence-corrected chi connectivity index (χ1v) is 5.31. The molecule has 2 saturated heterocycles. The molecule has 0 spiro atoms. The van der Waals surface area contributed by atoms with Gasteiger partial charge in [-0.05, 0) is 25.2 Å². The van der Waals surface area contributed by atoms with Crippen LogP contribution in [0.3, 0.4) is 0 Å². The van der Waals surface area contributed by atoms with E-state index in [4.69, 9.17) is 11.6 Å². The summed E-state index contributed by atoms with van der Waals surface area (Å²) in [6.07, 6.45) is 7.03. The number of rotatable bonds is 3. The smallest absolute Gasteiger partial charge is 0.0519 e. The van der Waals surface area contributed by atoms with Gasteiger partial charge in [-0.1, -0.05) is 6.92 Å². The molecule has 0 amide bonds. The summed E-state index contributed by atoms with van der Waals surface area (Å²) in [4.78, 5) is 0. The summed E-state index contributed by atoms with van der Waals surface area (Å²) in [5.74, 6) is 6.62. The lowest BCUT2D eigenvalue weighted by molar-refractivity contribution is 0.0179. The monoisotopic (exact) mass is 196 g/mol. The van der Waals surface area contributed by atoms with Crippen molar-refractivity contribution in [1.29, 1.82) is 0 Å². The Kier molecular flexibility index (Phi) is 2.41. The van der Waals surface area contributed by atoms with Crippen LogP contribution in [0.15, 0.2) is 12.4 Å². The standard InChI is InChI=1S/C10H20N4/c1-8-4-9-6-10(5-8,13-9)7-14(12)3-2-11/h2-3,8-9,13H,4-7,11-12H2,1H3/b3-2-. The second-order valence-corrected chi connectivity index (χ2v) is 4.88. The van der Waals surface area contributed by atoms with Gasteiger partial charge in [0.15, 0.2) is 0 Å². The van der Waals surface area contributed by atoms with Crippen LogP contribution in [0.25, 0.3) is 0 Å². The van der Waals surface area contributed by atoms with Gasteiger partial charge in [-0.15, -0.1) is 0 Å². The maximum absolute atomic E-state index is 5.80. The van der Waals surface area contributed by atoms with E-state index in [1.54, 1.807) is 11.2 Å². The zero-order valence-electron chi connectivity index (χ0n) is 8.74. The number of nitrogens with two attached hydrogens (primary N) is 2. The molecule has 0 aromatic heterocycles. The first-order valence-electron chi connectivity index (χ1n) is 5.31. The summed E-state index contributed by atoms with van der Waals surface area (Å²) in [7, 11) is 0. The summed E-state index contributed by atoms with van der Waals surface area (Å²) in [6, 6.07) is 0.731. The molecule has 0 aromatic rings. The number of piperidine rings is 1. The van der Waals surface area contributed by atoms with E-state index in [0.29, 0.717) is 0 Å². The number of fused-ring (bicyclic) bond motifs is 2. The molecule has 3 atom stereocenters. The van der Waals surface area contributed by atoms with Gasteiger partial charge in [-0.3, -0.25) is 0 Å². The van der Waals surface area contributed by atoms with E-state index in [0.717, 1.165) is 18.5 Å². The van der Waals surface area contributed by atoms with Crippen molar-refractivity contribution < 1.29 is 0 Å². The van der Waals surface area contributed by atoms with Crippen LogP contribution in [-0.2, 0) is 0 Å². The zero-order valence-corrected chi connectivity index (χ0v) is 8.74. The molecule has 3 rings (SSSR count). The molecule has 2 heterocycles. The van der Waals surface area contributed by atoms with Gasteiger partial charge in [0, 0.05) is 24.0 Å². The van der Waals surface area contributed by atoms with Gasteiger partial charge in [-0.2, -0.15) is 0 Å². The summed E-state index contributed by atoms with van der Waals surface area (Å²) in [5, 5.41) is 5.30. The van der Waals surface area contributed by atoms with Crippen LogP contribution >= 0.6 is 0 Å². The predicted molar refractivity (Wildman–Crippen MR) is 56.9 cm³/mol. The Hall–Kier alpha value is -0.740. The van der Waals surface area contributed by atoms with E-state index in [1.807, 2.05) is 0 Å². The SMILES string of the molecule is CC1CC2CC(CN(N)/C=C\N)(C1)N2. The molecular weight excluding hydrogens is 176 g/mol. The molecule has 1 saturated carbocycles. The van der Waals surface area contributed by atoms with E-state index >= 15 is 0 Å². The molecule has 2 aliphatic heterocycles. The molecule has 2 bridgehead atoms. The lowest BCUT2D eigenvalue weighted by Crippen LogP contribution is -2.71. The normalized spacial score (nSPS) is 41.0. The van der Waals surface area contributed by atoms with E-state index in [-0.39, 0.29) is 5.54 Å². The highest BCUT2D eigenvalue weighted by molar-refractivity contribution is 5.10. The van der Waals surface area contributed by atoms with E-state index < -0.39 is 0 Å².